The van der Waals surface area contributed by atoms with E-state index in [0.717, 1.165) is 10.2 Å². The zero-order valence-electron chi connectivity index (χ0n) is 12.9. The fourth-order valence-electron chi connectivity index (χ4n) is 2.48. The number of amides is 1. The average Bonchev–Trinajstić information content (AvgIpc) is 2.91. The van der Waals surface area contributed by atoms with E-state index < -0.39 is 17.6 Å². The second-order valence-corrected chi connectivity index (χ2v) is 5.44. The van der Waals surface area contributed by atoms with Crippen molar-refractivity contribution in [1.29, 1.82) is 0 Å². The first kappa shape index (κ1) is 15.5. The maximum absolute atomic E-state index is 12.5. The number of fused-ring (bicyclic) bond motifs is 1. The molecule has 7 nitrogen and oxygen atoms in total. The summed E-state index contributed by atoms with van der Waals surface area (Å²) in [5.41, 5.74) is 0.778. The second kappa shape index (κ2) is 6.04. The van der Waals surface area contributed by atoms with Crippen LogP contribution in [0.1, 0.15) is 15.9 Å². The Morgan fingerprint density at radius 3 is 2.54 bits per heavy atom. The smallest absolute Gasteiger partial charge is 0.346 e. The molecule has 7 heteroatoms. The van der Waals surface area contributed by atoms with Crippen LogP contribution in [0.4, 0.5) is 4.79 Å². The number of H-pyrrole nitrogens is 1. The van der Waals surface area contributed by atoms with Crippen molar-refractivity contribution >= 4 is 22.9 Å². The number of carboxylic acids is 1. The van der Waals surface area contributed by atoms with E-state index in [1.165, 1.54) is 23.1 Å². The molecule has 0 radical (unpaired) electrons. The predicted molar refractivity (Wildman–Crippen MR) is 88.2 cm³/mol. The number of nitrogens with one attached hydrogen (secondary N) is 1. The number of aromatic amines is 1. The standard InChI is InChI=1S/C17H15N3O4/c1-19(10-11-5-3-2-4-6-11)17(24)20-15(21)13-8-7-12(16(22)23)9-14(13)18-20/h2-9,18H,10H2,1H3,(H,22,23). The zero-order valence-corrected chi connectivity index (χ0v) is 12.9. The molecular formula is C17H15N3O4. The van der Waals surface area contributed by atoms with E-state index in [-0.39, 0.29) is 10.9 Å². The molecule has 3 rings (SSSR count). The lowest BCUT2D eigenvalue weighted by Gasteiger charge is -2.16. The third kappa shape index (κ3) is 2.79. The molecule has 0 saturated carbocycles. The minimum absolute atomic E-state index is 0.0426. The number of rotatable bonds is 3. The molecule has 1 amide bonds. The van der Waals surface area contributed by atoms with Gasteiger partial charge in [-0.25, -0.2) is 9.59 Å². The second-order valence-electron chi connectivity index (χ2n) is 5.44. The lowest BCUT2D eigenvalue weighted by molar-refractivity contribution is 0.0697. The molecule has 2 aromatic carbocycles. The van der Waals surface area contributed by atoms with Gasteiger partial charge in [-0.2, -0.15) is 4.68 Å². The molecule has 0 aliphatic carbocycles. The van der Waals surface area contributed by atoms with Crippen LogP contribution in [-0.4, -0.2) is 38.8 Å². The molecule has 0 spiro atoms. The number of carboxylic acid groups (broad SMARTS) is 1. The lowest BCUT2D eigenvalue weighted by atomic mass is 10.2. The molecule has 1 heterocycles. The average molecular weight is 325 g/mol. The van der Waals surface area contributed by atoms with Gasteiger partial charge in [-0.15, -0.1) is 0 Å². The summed E-state index contributed by atoms with van der Waals surface area (Å²) in [5.74, 6) is -1.10. The van der Waals surface area contributed by atoms with Crippen LogP contribution in [0.15, 0.2) is 53.3 Å². The molecule has 0 bridgehead atoms. The van der Waals surface area contributed by atoms with E-state index in [2.05, 4.69) is 5.10 Å². The molecule has 122 valence electrons. The van der Waals surface area contributed by atoms with Crippen LogP contribution >= 0.6 is 0 Å². The van der Waals surface area contributed by atoms with Crippen LogP contribution in [0.5, 0.6) is 0 Å². The largest absolute Gasteiger partial charge is 0.478 e. The normalized spacial score (nSPS) is 10.7. The van der Waals surface area contributed by atoms with Crippen LogP contribution in [-0.2, 0) is 6.54 Å². The number of hydrogen-bond acceptors (Lipinski definition) is 3. The van der Waals surface area contributed by atoms with E-state index in [0.29, 0.717) is 12.1 Å². The summed E-state index contributed by atoms with van der Waals surface area (Å²) < 4.78 is 0.888. The summed E-state index contributed by atoms with van der Waals surface area (Å²) >= 11 is 0. The van der Waals surface area contributed by atoms with Gasteiger partial charge in [0.15, 0.2) is 0 Å². The summed E-state index contributed by atoms with van der Waals surface area (Å²) in [6, 6.07) is 13.0. The summed E-state index contributed by atoms with van der Waals surface area (Å²) in [6.07, 6.45) is 0. The van der Waals surface area contributed by atoms with Gasteiger partial charge in [0, 0.05) is 13.6 Å². The van der Waals surface area contributed by atoms with E-state index in [1.54, 1.807) is 7.05 Å². The van der Waals surface area contributed by atoms with Crippen molar-refractivity contribution in [2.75, 3.05) is 7.05 Å². The number of aromatic carboxylic acids is 1. The van der Waals surface area contributed by atoms with Gasteiger partial charge < -0.3 is 10.0 Å². The highest BCUT2D eigenvalue weighted by molar-refractivity contribution is 5.93. The number of benzene rings is 2. The first-order valence-electron chi connectivity index (χ1n) is 7.25. The first-order chi connectivity index (χ1) is 11.5. The summed E-state index contributed by atoms with van der Waals surface area (Å²) in [7, 11) is 1.59. The molecule has 1 aromatic heterocycles. The van der Waals surface area contributed by atoms with Crippen LogP contribution < -0.4 is 5.56 Å². The maximum atomic E-state index is 12.5. The molecule has 0 unspecified atom stereocenters. The molecule has 0 atom stereocenters. The van der Waals surface area contributed by atoms with Gasteiger partial charge in [-0.1, -0.05) is 30.3 Å². The molecular weight excluding hydrogens is 310 g/mol. The Hall–Kier alpha value is -3.35. The van der Waals surface area contributed by atoms with Crippen molar-refractivity contribution in [3.05, 3.63) is 70.0 Å². The molecule has 0 aliphatic heterocycles. The van der Waals surface area contributed by atoms with Crippen LogP contribution in [0, 0.1) is 0 Å². The fourth-order valence-corrected chi connectivity index (χ4v) is 2.48. The number of carbonyl (C=O) groups is 2. The van der Waals surface area contributed by atoms with Crippen LogP contribution in [0.3, 0.4) is 0 Å². The van der Waals surface area contributed by atoms with Gasteiger partial charge in [0.05, 0.1) is 16.5 Å². The highest BCUT2D eigenvalue weighted by Gasteiger charge is 2.18. The van der Waals surface area contributed by atoms with Gasteiger partial charge in [0.2, 0.25) is 0 Å². The molecule has 0 saturated heterocycles. The van der Waals surface area contributed by atoms with Crippen molar-refractivity contribution in [2.24, 2.45) is 0 Å². The zero-order chi connectivity index (χ0) is 17.3. The van der Waals surface area contributed by atoms with Crippen molar-refractivity contribution in [2.45, 2.75) is 6.54 Å². The van der Waals surface area contributed by atoms with E-state index in [1.807, 2.05) is 30.3 Å². The molecule has 3 aromatic rings. The Kier molecular flexibility index (Phi) is 3.91. The monoisotopic (exact) mass is 325 g/mol. The third-order valence-corrected chi connectivity index (χ3v) is 3.71. The number of aromatic nitrogens is 2. The highest BCUT2D eigenvalue weighted by atomic mass is 16.4. The highest BCUT2D eigenvalue weighted by Crippen LogP contribution is 2.12. The first-order valence-corrected chi connectivity index (χ1v) is 7.25. The Morgan fingerprint density at radius 2 is 1.88 bits per heavy atom. The van der Waals surface area contributed by atoms with Crippen LogP contribution in [0.25, 0.3) is 10.9 Å². The van der Waals surface area contributed by atoms with Gasteiger partial charge >= 0.3 is 12.0 Å². The Morgan fingerprint density at radius 1 is 1.17 bits per heavy atom. The summed E-state index contributed by atoms with van der Waals surface area (Å²) in [6.45, 7) is 0.349. The third-order valence-electron chi connectivity index (χ3n) is 3.71. The van der Waals surface area contributed by atoms with Gasteiger partial charge in [0.25, 0.3) is 5.56 Å². The number of nitrogens with zero attached hydrogens (tertiary/aromatic N) is 2. The number of carbonyl (C=O) groups excluding carboxylic acids is 1. The van der Waals surface area contributed by atoms with Crippen molar-refractivity contribution < 1.29 is 14.7 Å². The Bertz CT molecular complexity index is 972. The van der Waals surface area contributed by atoms with Gasteiger partial charge in [0.1, 0.15) is 0 Å². The summed E-state index contributed by atoms with van der Waals surface area (Å²) in [4.78, 5) is 37.3. The SMILES string of the molecule is CN(Cc1ccccc1)C(=O)n1[nH]c2cc(C(=O)O)ccc2c1=O. The van der Waals surface area contributed by atoms with Gasteiger partial charge in [-0.3, -0.25) is 9.89 Å². The fraction of sp³-hybridized carbons (Fsp3) is 0.118. The predicted octanol–water partition coefficient (Wildman–Crippen LogP) is 2.13. The van der Waals surface area contributed by atoms with E-state index in [9.17, 15) is 14.4 Å². The maximum Gasteiger partial charge on any atom is 0.346 e. The van der Waals surface area contributed by atoms with Crippen molar-refractivity contribution in [1.82, 2.24) is 14.7 Å². The molecule has 24 heavy (non-hydrogen) atoms. The van der Waals surface area contributed by atoms with Crippen molar-refractivity contribution in [3.63, 3.8) is 0 Å². The molecule has 2 N–H and O–H groups in total. The Labute approximate surface area is 136 Å². The lowest BCUT2D eigenvalue weighted by Crippen LogP contribution is -2.36. The van der Waals surface area contributed by atoms with Crippen molar-refractivity contribution in [3.8, 4) is 0 Å². The van der Waals surface area contributed by atoms with Gasteiger partial charge in [-0.05, 0) is 23.8 Å². The topological polar surface area (TPSA) is 95.4 Å². The van der Waals surface area contributed by atoms with Crippen LogP contribution in [0.2, 0.25) is 0 Å². The molecule has 0 aliphatic rings. The molecule has 0 fully saturated rings. The summed E-state index contributed by atoms with van der Waals surface area (Å²) in [5, 5.41) is 11.9. The Balaban J connectivity index is 1.93. The quantitative estimate of drug-likeness (QED) is 0.771. The van der Waals surface area contributed by atoms with E-state index in [4.69, 9.17) is 5.11 Å². The minimum atomic E-state index is -1.10. The number of hydrogen-bond donors (Lipinski definition) is 2. The van der Waals surface area contributed by atoms with E-state index >= 15 is 0 Å². The minimum Gasteiger partial charge on any atom is -0.478 e.